The van der Waals surface area contributed by atoms with Gasteiger partial charge < -0.3 is 44.2 Å². The molecular weight excluding hydrogens is 755 g/mol. The highest BCUT2D eigenvalue weighted by molar-refractivity contribution is 5.87. The van der Waals surface area contributed by atoms with Gasteiger partial charge in [-0.25, -0.2) is 4.79 Å². The van der Waals surface area contributed by atoms with Gasteiger partial charge in [0.15, 0.2) is 6.10 Å². The average Bonchev–Trinajstić information content (AvgIpc) is 3.56. The number of carboxylic acid groups (broad SMARTS) is 1. The van der Waals surface area contributed by atoms with Crippen LogP contribution >= 0.6 is 0 Å². The van der Waals surface area contributed by atoms with Crippen LogP contribution in [0.3, 0.4) is 0 Å². The van der Waals surface area contributed by atoms with Gasteiger partial charge in [0, 0.05) is 37.2 Å². The lowest BCUT2D eigenvalue weighted by Crippen LogP contribution is -2.48. The molecule has 0 unspecified atom stereocenters. The standard InChI is InChI=1S/C47H65NO11/c1-30(17-14-15-23-44(50)51)27-31(2)47-40-26-25-34(55-47)18-10-6-5-7-11-19-36(49)46(53)43-28-35(48-54)32(3)37(57-43)21-16-22-38-33(4)41-29-42(56-38)39(58-41)20-12-8-9-13-24-45(52)59-40/h6,8-13,16,19-20,22,24-27,30,32-34,36-43,46-47,49,53-54H,5,7,14-15,17-18,21,23,28-29H2,1-4H3,(H,50,51)/b9-8+,10-6+,19-11?,20-12?,22-16?,24-13?,31-27+,48-35?/t30-,32-,33+,34-,36-,37+,38-,39+,40-,41-,42+,43-,46+,47+/m0/s1. The Hall–Kier alpha value is -3.91. The molecule has 324 valence electrons. The zero-order valence-electron chi connectivity index (χ0n) is 34.9. The average molecular weight is 820 g/mol. The zero-order valence-corrected chi connectivity index (χ0v) is 34.9. The number of nitrogens with zero attached hydrogens (tertiary/aromatic N) is 1. The number of esters is 1. The number of aliphatic hydroxyl groups is 2. The molecule has 0 aromatic rings. The van der Waals surface area contributed by atoms with Gasteiger partial charge in [-0.3, -0.25) is 4.79 Å². The van der Waals surface area contributed by atoms with Crippen molar-refractivity contribution >= 4 is 17.7 Å². The van der Waals surface area contributed by atoms with Crippen molar-refractivity contribution < 1.29 is 53.8 Å². The minimum absolute atomic E-state index is 0.0382. The van der Waals surface area contributed by atoms with Crippen LogP contribution in [-0.2, 0) is 33.3 Å². The summed E-state index contributed by atoms with van der Waals surface area (Å²) in [5.74, 6) is -1.15. The van der Waals surface area contributed by atoms with Gasteiger partial charge in [-0.1, -0.05) is 111 Å². The minimum atomic E-state index is -1.21. The van der Waals surface area contributed by atoms with E-state index in [1.807, 2.05) is 74.6 Å². The highest BCUT2D eigenvalue weighted by atomic mass is 16.6. The number of carbonyl (C=O) groups excluding carboxylic acids is 1. The molecule has 0 spiro atoms. The summed E-state index contributed by atoms with van der Waals surface area (Å²) in [6.07, 6.45) is 28.6. The van der Waals surface area contributed by atoms with E-state index in [1.165, 1.54) is 6.08 Å². The van der Waals surface area contributed by atoms with E-state index in [4.69, 9.17) is 28.8 Å². The third kappa shape index (κ3) is 13.8. The van der Waals surface area contributed by atoms with Crippen molar-refractivity contribution in [1.82, 2.24) is 0 Å². The Bertz CT molecular complexity index is 1660. The number of aliphatic carboxylic acids is 1. The van der Waals surface area contributed by atoms with Crippen molar-refractivity contribution in [3.05, 3.63) is 96.7 Å². The number of carboxylic acids is 1. The van der Waals surface area contributed by atoms with Crippen molar-refractivity contribution in [2.75, 3.05) is 0 Å². The number of hydrogen-bond donors (Lipinski definition) is 4. The minimum Gasteiger partial charge on any atom is -0.481 e. The summed E-state index contributed by atoms with van der Waals surface area (Å²) in [4.78, 5) is 23.9. The molecule has 0 aliphatic carbocycles. The summed E-state index contributed by atoms with van der Waals surface area (Å²) in [7, 11) is 0. The molecule has 7 bridgehead atoms. The number of aliphatic hydroxyl groups excluding tert-OH is 2. The molecule has 12 heteroatoms. The van der Waals surface area contributed by atoms with E-state index >= 15 is 0 Å². The first-order chi connectivity index (χ1) is 28.4. The summed E-state index contributed by atoms with van der Waals surface area (Å²) in [5, 5.41) is 44.3. The molecule has 6 rings (SSSR count). The fourth-order valence-corrected chi connectivity index (χ4v) is 8.38. The molecule has 6 heterocycles. The summed E-state index contributed by atoms with van der Waals surface area (Å²) < 4.78 is 31.6. The summed E-state index contributed by atoms with van der Waals surface area (Å²) in [6.45, 7) is 8.13. The monoisotopic (exact) mass is 819 g/mol. The first kappa shape index (κ1) is 46.2. The predicted octanol–water partition coefficient (Wildman–Crippen LogP) is 7.27. The molecule has 6 aliphatic heterocycles. The second-order valence-corrected chi connectivity index (χ2v) is 16.6. The molecular formula is C47H65NO11. The number of oxime groups is 1. The van der Waals surface area contributed by atoms with E-state index in [0.717, 1.165) is 24.8 Å². The van der Waals surface area contributed by atoms with Crippen molar-refractivity contribution in [2.24, 2.45) is 22.9 Å². The Labute approximate surface area is 349 Å². The van der Waals surface area contributed by atoms with Crippen molar-refractivity contribution in [1.29, 1.82) is 0 Å². The highest BCUT2D eigenvalue weighted by Gasteiger charge is 2.45. The molecule has 14 atom stereocenters. The van der Waals surface area contributed by atoms with Gasteiger partial charge in [0.1, 0.15) is 24.4 Å². The number of ether oxygens (including phenoxy) is 5. The van der Waals surface area contributed by atoms with E-state index in [2.05, 4.69) is 25.1 Å². The fraction of sp³-hybridized carbons (Fsp3) is 0.596. The fourth-order valence-electron chi connectivity index (χ4n) is 8.38. The second-order valence-electron chi connectivity index (χ2n) is 16.6. The van der Waals surface area contributed by atoms with Gasteiger partial charge in [-0.15, -0.1) is 0 Å². The number of unbranched alkanes of at least 4 members (excludes halogenated alkanes) is 1. The summed E-state index contributed by atoms with van der Waals surface area (Å²) in [6, 6.07) is 0. The van der Waals surface area contributed by atoms with Crippen LogP contribution in [0.15, 0.2) is 102 Å². The Balaban J connectivity index is 1.30. The van der Waals surface area contributed by atoms with Gasteiger partial charge in [-0.2, -0.15) is 0 Å². The number of rotatable bonds is 7. The van der Waals surface area contributed by atoms with E-state index < -0.39 is 42.5 Å². The van der Waals surface area contributed by atoms with E-state index in [9.17, 15) is 25.0 Å². The zero-order chi connectivity index (χ0) is 42.3. The summed E-state index contributed by atoms with van der Waals surface area (Å²) >= 11 is 0. The van der Waals surface area contributed by atoms with Gasteiger partial charge >= 0.3 is 11.9 Å². The maximum Gasteiger partial charge on any atom is 0.331 e. The number of carbonyl (C=O) groups is 2. The van der Waals surface area contributed by atoms with Crippen LogP contribution in [0.5, 0.6) is 0 Å². The van der Waals surface area contributed by atoms with Crippen LogP contribution in [0.2, 0.25) is 0 Å². The first-order valence-electron chi connectivity index (χ1n) is 21.4. The Kier molecular flexibility index (Phi) is 18.1. The van der Waals surface area contributed by atoms with E-state index in [1.54, 1.807) is 18.2 Å². The van der Waals surface area contributed by atoms with Gasteiger partial charge in [0.2, 0.25) is 0 Å². The number of hydrogen-bond acceptors (Lipinski definition) is 11. The molecule has 4 N–H and O–H groups in total. The lowest BCUT2D eigenvalue weighted by atomic mass is 9.86. The molecule has 3 saturated heterocycles. The Morgan fingerprint density at radius 3 is 2.41 bits per heavy atom. The Morgan fingerprint density at radius 2 is 1.61 bits per heavy atom. The molecule has 0 aromatic carbocycles. The molecule has 12 nitrogen and oxygen atoms in total. The molecule has 6 aliphatic rings. The van der Waals surface area contributed by atoms with Crippen LogP contribution in [-0.4, -0.2) is 105 Å². The highest BCUT2D eigenvalue weighted by Crippen LogP contribution is 2.38. The van der Waals surface area contributed by atoms with Crippen molar-refractivity contribution in [3.63, 3.8) is 0 Å². The quantitative estimate of drug-likeness (QED) is 0.0669. The third-order valence-corrected chi connectivity index (χ3v) is 11.9. The second kappa shape index (κ2) is 23.2. The molecule has 0 aromatic heterocycles. The number of fused-ring (bicyclic) bond motifs is 13. The SMILES string of the molecule is C/C(=C\[C@@H](C)CCCCC(=O)O)[C@H]1O[C@@H]2C=C[C@@H]1OC(=O)C=C/C=C/C=C[C@H]1O[C@H]3C[C@H]1O[C@@H](C=CC[C@H]1O[C@@H](CC(=NO)[C@@H]1C)[C@H](O)[C@@H](O)C=CCC/C=C/C2)[C@H]3C. The van der Waals surface area contributed by atoms with Crippen molar-refractivity contribution in [3.8, 4) is 0 Å². The topological polar surface area (TPSA) is 174 Å². The molecule has 0 radical (unpaired) electrons. The lowest BCUT2D eigenvalue weighted by molar-refractivity contribution is -0.148. The van der Waals surface area contributed by atoms with Gasteiger partial charge in [0.05, 0.1) is 42.3 Å². The largest absolute Gasteiger partial charge is 0.481 e. The first-order valence-corrected chi connectivity index (χ1v) is 21.4. The van der Waals surface area contributed by atoms with Crippen molar-refractivity contribution in [2.45, 2.75) is 159 Å². The van der Waals surface area contributed by atoms with Crippen LogP contribution < -0.4 is 0 Å². The smallest absolute Gasteiger partial charge is 0.331 e. The maximum atomic E-state index is 13.0. The number of allylic oxidation sites excluding steroid dienone is 7. The van der Waals surface area contributed by atoms with Gasteiger partial charge in [0.25, 0.3) is 0 Å². The lowest BCUT2D eigenvalue weighted by Gasteiger charge is -2.38. The maximum absolute atomic E-state index is 13.0. The predicted molar refractivity (Wildman–Crippen MR) is 225 cm³/mol. The van der Waals surface area contributed by atoms with E-state index in [0.29, 0.717) is 37.8 Å². The third-order valence-electron chi connectivity index (χ3n) is 11.9. The summed E-state index contributed by atoms with van der Waals surface area (Å²) in [5.41, 5.74) is 1.47. The van der Waals surface area contributed by atoms with Crippen LogP contribution in [0, 0.1) is 17.8 Å². The van der Waals surface area contributed by atoms with Crippen LogP contribution in [0.1, 0.15) is 91.9 Å². The molecule has 0 saturated carbocycles. The molecule has 3 fully saturated rings. The van der Waals surface area contributed by atoms with Gasteiger partial charge in [-0.05, 0) is 63.0 Å². The van der Waals surface area contributed by atoms with Crippen LogP contribution in [0.4, 0.5) is 0 Å². The normalized spacial score (nSPS) is 38.5. The van der Waals surface area contributed by atoms with E-state index in [-0.39, 0.29) is 67.2 Å². The van der Waals surface area contributed by atoms with Crippen LogP contribution in [0.25, 0.3) is 0 Å². The molecule has 59 heavy (non-hydrogen) atoms. The molecule has 0 amide bonds. The Morgan fingerprint density at radius 1 is 0.831 bits per heavy atom.